The molecule has 2 rings (SSSR count). The van der Waals surface area contributed by atoms with E-state index in [-0.39, 0.29) is 0 Å². The third kappa shape index (κ3) is 1.10. The summed E-state index contributed by atoms with van der Waals surface area (Å²) in [6.07, 6.45) is 1.68. The molecule has 0 bridgehead atoms. The van der Waals surface area contributed by atoms with Crippen molar-refractivity contribution in [2.75, 3.05) is 0 Å². The molecule has 0 amide bonds. The first-order chi connectivity index (χ1) is 5.29. The Morgan fingerprint density at radius 2 is 2.09 bits per heavy atom. The molecule has 0 fully saturated rings. The van der Waals surface area contributed by atoms with E-state index in [2.05, 4.69) is 37.0 Å². The Balaban J connectivity index is 2.93. The summed E-state index contributed by atoms with van der Waals surface area (Å²) in [4.78, 5) is 0. The highest BCUT2D eigenvalue weighted by molar-refractivity contribution is 9.13. The highest BCUT2D eigenvalue weighted by Gasteiger charge is 2.04. The van der Waals surface area contributed by atoms with Crippen molar-refractivity contribution in [2.24, 2.45) is 0 Å². The van der Waals surface area contributed by atoms with Gasteiger partial charge in [-0.1, -0.05) is 5.16 Å². The van der Waals surface area contributed by atoms with Crippen LogP contribution >= 0.6 is 31.9 Å². The second kappa shape index (κ2) is 2.60. The fraction of sp³-hybridized carbons (Fsp3) is 0. The van der Waals surface area contributed by atoms with Gasteiger partial charge in [-0.15, -0.1) is 0 Å². The number of hydrogen-bond acceptors (Lipinski definition) is 2. The van der Waals surface area contributed by atoms with Gasteiger partial charge in [0.2, 0.25) is 0 Å². The molecule has 0 aliphatic heterocycles. The van der Waals surface area contributed by atoms with Gasteiger partial charge in [-0.3, -0.25) is 0 Å². The fourth-order valence-electron chi connectivity index (χ4n) is 0.884. The Morgan fingerprint density at radius 3 is 2.91 bits per heavy atom. The standard InChI is InChI=1S/C7H3Br2NO/c8-5-1-2-6-4(7(5)9)3-10-11-6/h1-3H. The molecule has 0 spiro atoms. The molecule has 0 aliphatic rings. The predicted molar refractivity (Wildman–Crippen MR) is 49.4 cm³/mol. The maximum Gasteiger partial charge on any atom is 0.168 e. The first kappa shape index (κ1) is 7.31. The summed E-state index contributed by atoms with van der Waals surface area (Å²) < 4.78 is 6.94. The number of rotatable bonds is 0. The van der Waals surface area contributed by atoms with Gasteiger partial charge >= 0.3 is 0 Å². The lowest BCUT2D eigenvalue weighted by Crippen LogP contribution is -1.69. The topological polar surface area (TPSA) is 26.0 Å². The van der Waals surface area contributed by atoms with Gasteiger partial charge in [-0.2, -0.15) is 0 Å². The molecule has 0 aliphatic carbocycles. The van der Waals surface area contributed by atoms with Gasteiger partial charge in [0, 0.05) is 8.95 Å². The second-order valence-electron chi connectivity index (χ2n) is 2.10. The Labute approximate surface area is 79.8 Å². The van der Waals surface area contributed by atoms with Crippen LogP contribution in [0.4, 0.5) is 0 Å². The van der Waals surface area contributed by atoms with Gasteiger partial charge in [-0.25, -0.2) is 0 Å². The highest BCUT2D eigenvalue weighted by Crippen LogP contribution is 2.30. The van der Waals surface area contributed by atoms with Crippen molar-refractivity contribution in [3.05, 3.63) is 27.3 Å². The highest BCUT2D eigenvalue weighted by atomic mass is 79.9. The van der Waals surface area contributed by atoms with Crippen LogP contribution in [0.2, 0.25) is 0 Å². The molecule has 0 radical (unpaired) electrons. The minimum atomic E-state index is 0.792. The van der Waals surface area contributed by atoms with E-state index in [0.717, 1.165) is 19.9 Å². The normalized spacial score (nSPS) is 10.7. The number of halogens is 2. The van der Waals surface area contributed by atoms with Gasteiger partial charge in [0.1, 0.15) is 0 Å². The lowest BCUT2D eigenvalue weighted by atomic mass is 10.3. The fourth-order valence-corrected chi connectivity index (χ4v) is 1.66. The summed E-state index contributed by atoms with van der Waals surface area (Å²) in [5.74, 6) is 0. The molecule has 0 unspecified atom stereocenters. The van der Waals surface area contributed by atoms with Gasteiger partial charge in [0.15, 0.2) is 5.58 Å². The van der Waals surface area contributed by atoms with Crippen LogP contribution in [0.25, 0.3) is 11.0 Å². The van der Waals surface area contributed by atoms with E-state index < -0.39 is 0 Å². The van der Waals surface area contributed by atoms with E-state index in [4.69, 9.17) is 4.52 Å². The smallest absolute Gasteiger partial charge is 0.168 e. The number of hydrogen-bond donors (Lipinski definition) is 0. The first-order valence-corrected chi connectivity index (χ1v) is 4.56. The number of nitrogens with zero attached hydrogens (tertiary/aromatic N) is 1. The molecule has 2 nitrogen and oxygen atoms in total. The van der Waals surface area contributed by atoms with Crippen LogP contribution < -0.4 is 0 Å². The summed E-state index contributed by atoms with van der Waals surface area (Å²) in [5.41, 5.74) is 0.792. The monoisotopic (exact) mass is 275 g/mol. The van der Waals surface area contributed by atoms with Crippen LogP contribution in [0.15, 0.2) is 31.8 Å². The minimum absolute atomic E-state index is 0.792. The first-order valence-electron chi connectivity index (χ1n) is 2.97. The zero-order valence-corrected chi connectivity index (χ0v) is 8.52. The number of fused-ring (bicyclic) bond motifs is 1. The SMILES string of the molecule is Brc1ccc2oncc2c1Br. The Morgan fingerprint density at radius 1 is 1.27 bits per heavy atom. The van der Waals surface area contributed by atoms with Gasteiger partial charge in [0.25, 0.3) is 0 Å². The van der Waals surface area contributed by atoms with E-state index in [1.54, 1.807) is 6.20 Å². The van der Waals surface area contributed by atoms with Gasteiger partial charge < -0.3 is 4.52 Å². The van der Waals surface area contributed by atoms with Crippen molar-refractivity contribution in [3.63, 3.8) is 0 Å². The Bertz CT molecular complexity index is 396. The van der Waals surface area contributed by atoms with Crippen LogP contribution in [0.5, 0.6) is 0 Å². The van der Waals surface area contributed by atoms with Crippen molar-refractivity contribution in [1.82, 2.24) is 5.16 Å². The molecular formula is C7H3Br2NO. The maximum absolute atomic E-state index is 4.95. The summed E-state index contributed by atoms with van der Waals surface area (Å²) >= 11 is 6.80. The summed E-state index contributed by atoms with van der Waals surface area (Å²) in [7, 11) is 0. The Hall–Kier alpha value is -0.350. The number of aromatic nitrogens is 1. The summed E-state index contributed by atoms with van der Waals surface area (Å²) in [5, 5.41) is 4.66. The average Bonchev–Trinajstić information content (AvgIpc) is 2.45. The summed E-state index contributed by atoms with van der Waals surface area (Å²) in [6, 6.07) is 3.79. The third-order valence-corrected chi connectivity index (χ3v) is 3.47. The quantitative estimate of drug-likeness (QED) is 0.738. The molecule has 0 saturated carbocycles. The molecule has 0 N–H and O–H groups in total. The third-order valence-electron chi connectivity index (χ3n) is 1.43. The zero-order valence-electron chi connectivity index (χ0n) is 5.34. The van der Waals surface area contributed by atoms with Crippen LogP contribution in [-0.2, 0) is 0 Å². The summed E-state index contributed by atoms with van der Waals surface area (Å²) in [6.45, 7) is 0. The molecule has 4 heteroatoms. The van der Waals surface area contributed by atoms with E-state index in [0.29, 0.717) is 0 Å². The minimum Gasteiger partial charge on any atom is -0.356 e. The van der Waals surface area contributed by atoms with Gasteiger partial charge in [0.05, 0.1) is 11.6 Å². The molecule has 1 heterocycles. The van der Waals surface area contributed by atoms with Crippen LogP contribution in [0.3, 0.4) is 0 Å². The molecule has 1 aromatic heterocycles. The van der Waals surface area contributed by atoms with Crippen LogP contribution in [-0.4, -0.2) is 5.16 Å². The molecule has 2 aromatic rings. The van der Waals surface area contributed by atoms with Crippen molar-refractivity contribution < 1.29 is 4.52 Å². The predicted octanol–water partition coefficient (Wildman–Crippen LogP) is 3.35. The van der Waals surface area contributed by atoms with Crippen molar-refractivity contribution in [1.29, 1.82) is 0 Å². The lowest BCUT2D eigenvalue weighted by Gasteiger charge is -1.93. The van der Waals surface area contributed by atoms with Crippen LogP contribution in [0, 0.1) is 0 Å². The largest absolute Gasteiger partial charge is 0.356 e. The molecule has 11 heavy (non-hydrogen) atoms. The average molecular weight is 277 g/mol. The van der Waals surface area contributed by atoms with Gasteiger partial charge in [-0.05, 0) is 44.0 Å². The van der Waals surface area contributed by atoms with Crippen LogP contribution in [0.1, 0.15) is 0 Å². The van der Waals surface area contributed by atoms with E-state index in [1.807, 2.05) is 12.1 Å². The Kier molecular flexibility index (Phi) is 1.73. The maximum atomic E-state index is 4.95. The zero-order chi connectivity index (χ0) is 7.84. The van der Waals surface area contributed by atoms with E-state index in [9.17, 15) is 0 Å². The van der Waals surface area contributed by atoms with Crippen molar-refractivity contribution in [3.8, 4) is 0 Å². The molecule has 56 valence electrons. The number of benzene rings is 1. The lowest BCUT2D eigenvalue weighted by molar-refractivity contribution is 0.456. The molecule has 1 aromatic carbocycles. The van der Waals surface area contributed by atoms with E-state index >= 15 is 0 Å². The molecular weight excluding hydrogens is 274 g/mol. The van der Waals surface area contributed by atoms with Crippen molar-refractivity contribution >= 4 is 42.8 Å². The molecule has 0 atom stereocenters. The molecule has 0 saturated heterocycles. The van der Waals surface area contributed by atoms with Crippen molar-refractivity contribution in [2.45, 2.75) is 0 Å². The van der Waals surface area contributed by atoms with E-state index in [1.165, 1.54) is 0 Å². The second-order valence-corrected chi connectivity index (χ2v) is 3.75.